The molecule has 0 saturated carbocycles. The van der Waals surface area contributed by atoms with Gasteiger partial charge in [0.05, 0.1) is 13.2 Å². The first-order chi connectivity index (χ1) is 13.1. The van der Waals surface area contributed by atoms with Crippen molar-refractivity contribution in [3.05, 3.63) is 59.2 Å². The van der Waals surface area contributed by atoms with Crippen molar-refractivity contribution >= 4 is 5.91 Å². The number of carbonyl (C=O) groups excluding carboxylic acids is 1. The second kappa shape index (κ2) is 8.94. The summed E-state index contributed by atoms with van der Waals surface area (Å²) in [6.45, 7) is 3.88. The van der Waals surface area contributed by atoms with E-state index in [4.69, 9.17) is 9.47 Å². The number of nitrogens with one attached hydrogen (secondary N) is 1. The van der Waals surface area contributed by atoms with Crippen LogP contribution in [0.25, 0.3) is 0 Å². The van der Waals surface area contributed by atoms with Gasteiger partial charge in [0.1, 0.15) is 11.5 Å². The van der Waals surface area contributed by atoms with Crippen LogP contribution in [-0.2, 0) is 17.6 Å². The van der Waals surface area contributed by atoms with Crippen molar-refractivity contribution in [1.82, 2.24) is 5.32 Å². The van der Waals surface area contributed by atoms with E-state index in [-0.39, 0.29) is 11.9 Å². The minimum absolute atomic E-state index is 0.0425. The van der Waals surface area contributed by atoms with Gasteiger partial charge in [0.15, 0.2) is 6.10 Å². The molecule has 2 aromatic rings. The zero-order chi connectivity index (χ0) is 19.2. The zero-order valence-corrected chi connectivity index (χ0v) is 16.5. The van der Waals surface area contributed by atoms with E-state index in [2.05, 4.69) is 18.3 Å². The van der Waals surface area contributed by atoms with Gasteiger partial charge in [-0.1, -0.05) is 31.2 Å². The zero-order valence-electron chi connectivity index (χ0n) is 16.5. The second-order valence-corrected chi connectivity index (χ2v) is 7.10. The Morgan fingerprint density at radius 3 is 2.56 bits per heavy atom. The van der Waals surface area contributed by atoms with Crippen LogP contribution in [0.5, 0.6) is 11.5 Å². The topological polar surface area (TPSA) is 47.6 Å². The van der Waals surface area contributed by atoms with Crippen molar-refractivity contribution in [2.75, 3.05) is 7.11 Å². The molecule has 0 fully saturated rings. The predicted molar refractivity (Wildman–Crippen MR) is 107 cm³/mol. The fourth-order valence-electron chi connectivity index (χ4n) is 3.65. The van der Waals surface area contributed by atoms with E-state index in [0.29, 0.717) is 0 Å². The SMILES string of the molecule is CC[C@H](NC(=O)[C@@H](C)Oc1cccc2c1CCCC2)c1ccc(OC)cc1. The van der Waals surface area contributed by atoms with E-state index in [0.717, 1.165) is 36.3 Å². The number of aryl methyl sites for hydroxylation is 1. The van der Waals surface area contributed by atoms with Crippen molar-refractivity contribution < 1.29 is 14.3 Å². The molecule has 1 aliphatic rings. The minimum atomic E-state index is -0.536. The Balaban J connectivity index is 1.66. The third-order valence-electron chi connectivity index (χ3n) is 5.27. The summed E-state index contributed by atoms with van der Waals surface area (Å²) in [5.41, 5.74) is 3.69. The smallest absolute Gasteiger partial charge is 0.261 e. The molecule has 2 aromatic carbocycles. The Kier molecular flexibility index (Phi) is 6.38. The molecule has 2 atom stereocenters. The van der Waals surface area contributed by atoms with E-state index in [1.54, 1.807) is 7.11 Å². The van der Waals surface area contributed by atoms with Crippen molar-refractivity contribution in [2.45, 2.75) is 58.1 Å². The van der Waals surface area contributed by atoms with Gasteiger partial charge < -0.3 is 14.8 Å². The number of amides is 1. The number of benzene rings is 2. The van der Waals surface area contributed by atoms with Crippen molar-refractivity contribution in [2.24, 2.45) is 0 Å². The average Bonchev–Trinajstić information content (AvgIpc) is 2.72. The molecule has 0 unspecified atom stereocenters. The Bertz CT molecular complexity index is 770. The molecular weight excluding hydrogens is 338 g/mol. The van der Waals surface area contributed by atoms with Crippen LogP contribution in [0.1, 0.15) is 55.8 Å². The van der Waals surface area contributed by atoms with E-state index in [1.165, 1.54) is 24.0 Å². The minimum Gasteiger partial charge on any atom is -0.497 e. The average molecular weight is 367 g/mol. The molecule has 0 aromatic heterocycles. The molecule has 27 heavy (non-hydrogen) atoms. The van der Waals surface area contributed by atoms with Crippen LogP contribution in [0.2, 0.25) is 0 Å². The van der Waals surface area contributed by atoms with Gasteiger partial charge >= 0.3 is 0 Å². The van der Waals surface area contributed by atoms with Gasteiger partial charge in [0.2, 0.25) is 0 Å². The Labute approximate surface area is 161 Å². The number of hydrogen-bond donors (Lipinski definition) is 1. The molecule has 1 aliphatic carbocycles. The molecular formula is C23H29NO3. The molecule has 3 rings (SSSR count). The maximum Gasteiger partial charge on any atom is 0.261 e. The molecule has 0 radical (unpaired) electrons. The maximum atomic E-state index is 12.7. The molecule has 0 spiro atoms. The van der Waals surface area contributed by atoms with Gasteiger partial charge in [-0.2, -0.15) is 0 Å². The highest BCUT2D eigenvalue weighted by atomic mass is 16.5. The summed E-state index contributed by atoms with van der Waals surface area (Å²) in [5, 5.41) is 3.12. The summed E-state index contributed by atoms with van der Waals surface area (Å²) < 4.78 is 11.3. The van der Waals surface area contributed by atoms with E-state index in [1.807, 2.05) is 43.3 Å². The van der Waals surface area contributed by atoms with E-state index < -0.39 is 6.10 Å². The number of carbonyl (C=O) groups is 1. The molecule has 4 nitrogen and oxygen atoms in total. The maximum absolute atomic E-state index is 12.7. The summed E-state index contributed by atoms with van der Waals surface area (Å²) in [4.78, 5) is 12.7. The molecule has 144 valence electrons. The molecule has 4 heteroatoms. The normalized spacial score (nSPS) is 15.4. The van der Waals surface area contributed by atoms with Crippen LogP contribution in [0, 0.1) is 0 Å². The highest BCUT2D eigenvalue weighted by molar-refractivity contribution is 5.81. The molecule has 1 N–H and O–H groups in total. The van der Waals surface area contributed by atoms with E-state index in [9.17, 15) is 4.79 Å². The quantitative estimate of drug-likeness (QED) is 0.777. The van der Waals surface area contributed by atoms with Crippen LogP contribution in [0.3, 0.4) is 0 Å². The lowest BCUT2D eigenvalue weighted by atomic mass is 9.91. The summed E-state index contributed by atoms with van der Waals surface area (Å²) in [6, 6.07) is 14.0. The van der Waals surface area contributed by atoms with E-state index >= 15 is 0 Å². The van der Waals surface area contributed by atoms with Crippen LogP contribution in [-0.4, -0.2) is 19.1 Å². The Morgan fingerprint density at radius 2 is 1.85 bits per heavy atom. The highest BCUT2D eigenvalue weighted by Crippen LogP contribution is 2.30. The monoisotopic (exact) mass is 367 g/mol. The predicted octanol–water partition coefficient (Wildman–Crippen LogP) is 4.61. The molecule has 0 heterocycles. The number of methoxy groups -OCH3 is 1. The lowest BCUT2D eigenvalue weighted by Crippen LogP contribution is -2.38. The number of hydrogen-bond acceptors (Lipinski definition) is 3. The first-order valence-electron chi connectivity index (χ1n) is 9.84. The number of rotatable bonds is 7. The van der Waals surface area contributed by atoms with Gasteiger partial charge in [-0.15, -0.1) is 0 Å². The summed E-state index contributed by atoms with van der Waals surface area (Å²) in [7, 11) is 1.65. The molecule has 0 bridgehead atoms. The first-order valence-corrected chi connectivity index (χ1v) is 9.84. The fourth-order valence-corrected chi connectivity index (χ4v) is 3.65. The van der Waals surface area contributed by atoms with Gasteiger partial charge in [0.25, 0.3) is 5.91 Å². The molecule has 1 amide bonds. The third-order valence-corrected chi connectivity index (χ3v) is 5.27. The molecule has 0 aliphatic heterocycles. The summed E-state index contributed by atoms with van der Waals surface area (Å²) in [6.07, 6.45) is 4.82. The van der Waals surface area contributed by atoms with Gasteiger partial charge in [-0.25, -0.2) is 0 Å². The number of fused-ring (bicyclic) bond motifs is 1. The Hall–Kier alpha value is -2.49. The summed E-state index contributed by atoms with van der Waals surface area (Å²) >= 11 is 0. The van der Waals surface area contributed by atoms with Gasteiger partial charge in [0, 0.05) is 0 Å². The van der Waals surface area contributed by atoms with Crippen molar-refractivity contribution in [1.29, 1.82) is 0 Å². The fraction of sp³-hybridized carbons (Fsp3) is 0.435. The number of ether oxygens (including phenoxy) is 2. The van der Waals surface area contributed by atoms with Gasteiger partial charge in [-0.3, -0.25) is 4.79 Å². The van der Waals surface area contributed by atoms with Crippen molar-refractivity contribution in [3.8, 4) is 11.5 Å². The highest BCUT2D eigenvalue weighted by Gasteiger charge is 2.22. The van der Waals surface area contributed by atoms with Gasteiger partial charge in [-0.05, 0) is 73.9 Å². The van der Waals surface area contributed by atoms with Crippen LogP contribution < -0.4 is 14.8 Å². The van der Waals surface area contributed by atoms with Crippen LogP contribution >= 0.6 is 0 Å². The first kappa shape index (κ1) is 19.3. The largest absolute Gasteiger partial charge is 0.497 e. The Morgan fingerprint density at radius 1 is 1.11 bits per heavy atom. The van der Waals surface area contributed by atoms with Crippen molar-refractivity contribution in [3.63, 3.8) is 0 Å². The lowest BCUT2D eigenvalue weighted by Gasteiger charge is -2.24. The standard InChI is InChI=1S/C23H29NO3/c1-4-21(18-12-14-19(26-3)15-13-18)24-23(25)16(2)27-22-11-7-9-17-8-5-6-10-20(17)22/h7,9,11-16,21H,4-6,8,10H2,1-3H3,(H,24,25)/t16-,21+/m1/s1. The second-order valence-electron chi connectivity index (χ2n) is 7.10. The van der Waals surface area contributed by atoms with Crippen LogP contribution in [0.15, 0.2) is 42.5 Å². The summed E-state index contributed by atoms with van der Waals surface area (Å²) in [5.74, 6) is 1.57. The third kappa shape index (κ3) is 4.62. The lowest BCUT2D eigenvalue weighted by molar-refractivity contribution is -0.128. The molecule has 0 saturated heterocycles. The van der Waals surface area contributed by atoms with Crippen LogP contribution in [0.4, 0.5) is 0 Å².